The quantitative estimate of drug-likeness (QED) is 0.813. The van der Waals surface area contributed by atoms with Crippen molar-refractivity contribution in [2.24, 2.45) is 0 Å². The Morgan fingerprint density at radius 1 is 1.38 bits per heavy atom. The highest BCUT2D eigenvalue weighted by Gasteiger charge is 2.18. The Balaban J connectivity index is 2.58. The molecule has 0 aliphatic heterocycles. The fraction of sp³-hybridized carbons (Fsp3) is 0.444. The van der Waals surface area contributed by atoms with Gasteiger partial charge in [-0.3, -0.25) is 0 Å². The molecule has 0 N–H and O–H groups in total. The van der Waals surface area contributed by atoms with E-state index in [-0.39, 0.29) is 10.9 Å². The summed E-state index contributed by atoms with van der Waals surface area (Å²) in [5, 5.41) is 4.11. The molecule has 0 unspecified atom stereocenters. The molecule has 0 amide bonds. The summed E-state index contributed by atoms with van der Waals surface area (Å²) in [5.74, 6) is 0.373. The highest BCUT2D eigenvalue weighted by Crippen LogP contribution is 2.23. The maximum atomic E-state index is 5.80. The van der Waals surface area contributed by atoms with Crippen LogP contribution in [0.15, 0.2) is 10.8 Å². The van der Waals surface area contributed by atoms with E-state index in [0.717, 1.165) is 0 Å². The van der Waals surface area contributed by atoms with E-state index in [0.29, 0.717) is 16.1 Å². The van der Waals surface area contributed by atoms with E-state index in [4.69, 9.17) is 16.3 Å². The predicted molar refractivity (Wildman–Crippen MR) is 63.9 cm³/mol. The van der Waals surface area contributed by atoms with Gasteiger partial charge in [-0.1, -0.05) is 0 Å². The number of imidazole rings is 1. The average molecular weight is 306 g/mol. The third-order valence-corrected chi connectivity index (χ3v) is 2.18. The summed E-state index contributed by atoms with van der Waals surface area (Å²) in [6, 6.07) is 0. The summed E-state index contributed by atoms with van der Waals surface area (Å²) in [5.41, 5.74) is 0.169. The van der Waals surface area contributed by atoms with E-state index in [2.05, 4.69) is 31.0 Å². The number of hydrogen-bond donors (Lipinski definition) is 0. The first-order valence-electron chi connectivity index (χ1n) is 4.62. The second-order valence-electron chi connectivity index (χ2n) is 4.23. The first-order chi connectivity index (χ1) is 7.35. The van der Waals surface area contributed by atoms with Crippen LogP contribution in [0.5, 0.6) is 5.88 Å². The predicted octanol–water partition coefficient (Wildman–Crippen LogP) is 2.72. The Morgan fingerprint density at radius 2 is 2.06 bits per heavy atom. The van der Waals surface area contributed by atoms with Crippen molar-refractivity contribution in [1.29, 1.82) is 0 Å². The second-order valence-corrected chi connectivity index (χ2v) is 5.38. The van der Waals surface area contributed by atoms with Crippen molar-refractivity contribution in [2.75, 3.05) is 0 Å². The first kappa shape index (κ1) is 11.6. The third-order valence-electron chi connectivity index (χ3n) is 1.64. The van der Waals surface area contributed by atoms with Gasteiger partial charge in [0.2, 0.25) is 10.9 Å². The number of halogens is 2. The zero-order chi connectivity index (χ0) is 11.9. The highest BCUT2D eigenvalue weighted by atomic mass is 79.9. The van der Waals surface area contributed by atoms with Crippen LogP contribution in [0.25, 0.3) is 5.65 Å². The van der Waals surface area contributed by atoms with E-state index in [1.807, 2.05) is 20.8 Å². The molecule has 0 radical (unpaired) electrons. The van der Waals surface area contributed by atoms with Crippen molar-refractivity contribution in [3.8, 4) is 5.88 Å². The Kier molecular flexibility index (Phi) is 2.79. The lowest BCUT2D eigenvalue weighted by atomic mass is 10.2. The molecule has 0 aliphatic rings. The monoisotopic (exact) mass is 304 g/mol. The molecule has 2 rings (SSSR count). The summed E-state index contributed by atoms with van der Waals surface area (Å²) in [7, 11) is 0. The minimum absolute atomic E-state index is 0.122. The van der Waals surface area contributed by atoms with E-state index in [1.54, 1.807) is 6.20 Å². The highest BCUT2D eigenvalue weighted by molar-refractivity contribution is 9.10. The Hall–Kier alpha value is -0.880. The van der Waals surface area contributed by atoms with Crippen LogP contribution < -0.4 is 4.74 Å². The van der Waals surface area contributed by atoms with Crippen LogP contribution in [0.4, 0.5) is 0 Å². The molecule has 0 spiro atoms. The van der Waals surface area contributed by atoms with Crippen LogP contribution in [0.3, 0.4) is 0 Å². The number of ether oxygens (including phenoxy) is 1. The second kappa shape index (κ2) is 3.85. The van der Waals surface area contributed by atoms with Crippen LogP contribution in [0.1, 0.15) is 20.8 Å². The van der Waals surface area contributed by atoms with Crippen LogP contribution in [-0.2, 0) is 0 Å². The zero-order valence-corrected chi connectivity index (χ0v) is 11.4. The van der Waals surface area contributed by atoms with Crippen molar-refractivity contribution in [2.45, 2.75) is 26.4 Å². The SMILES string of the molecule is CC(C)(C)Oc1nc(Cl)nn2cc(Br)nc12. The fourth-order valence-corrected chi connectivity index (χ4v) is 1.69. The normalized spacial score (nSPS) is 12.1. The van der Waals surface area contributed by atoms with Crippen molar-refractivity contribution in [1.82, 2.24) is 19.6 Å². The number of fused-ring (bicyclic) bond motifs is 1. The Labute approximate surface area is 106 Å². The summed E-state index contributed by atoms with van der Waals surface area (Å²) in [6.45, 7) is 5.78. The van der Waals surface area contributed by atoms with Gasteiger partial charge in [0, 0.05) is 0 Å². The summed E-state index contributed by atoms with van der Waals surface area (Å²) in [6.07, 6.45) is 1.69. The van der Waals surface area contributed by atoms with Crippen LogP contribution in [0.2, 0.25) is 5.28 Å². The fourth-order valence-electron chi connectivity index (χ4n) is 1.17. The summed E-state index contributed by atoms with van der Waals surface area (Å²) in [4.78, 5) is 8.24. The molecule has 0 saturated carbocycles. The van der Waals surface area contributed by atoms with E-state index >= 15 is 0 Å². The number of rotatable bonds is 1. The third kappa shape index (κ3) is 2.44. The molecule has 86 valence electrons. The molecule has 0 bridgehead atoms. The standard InChI is InChI=1S/C9H10BrClN4O/c1-9(2,3)16-7-6-12-5(10)4-15(6)14-8(11)13-7/h4H,1-3H3. The maximum absolute atomic E-state index is 5.80. The lowest BCUT2D eigenvalue weighted by Crippen LogP contribution is -2.24. The molecular weight excluding hydrogens is 295 g/mol. The molecule has 2 heterocycles. The van der Waals surface area contributed by atoms with Gasteiger partial charge >= 0.3 is 0 Å². The maximum Gasteiger partial charge on any atom is 0.263 e. The summed E-state index contributed by atoms with van der Waals surface area (Å²) >= 11 is 9.06. The van der Waals surface area contributed by atoms with Gasteiger partial charge < -0.3 is 4.74 Å². The molecule has 5 nitrogen and oxygen atoms in total. The molecule has 0 saturated heterocycles. The van der Waals surface area contributed by atoms with Crippen molar-refractivity contribution in [3.63, 3.8) is 0 Å². The number of aromatic nitrogens is 4. The van der Waals surface area contributed by atoms with Crippen molar-refractivity contribution >= 4 is 33.2 Å². The molecule has 0 aromatic carbocycles. The van der Waals surface area contributed by atoms with Gasteiger partial charge in [-0.05, 0) is 48.3 Å². The van der Waals surface area contributed by atoms with Gasteiger partial charge in [0.15, 0.2) is 0 Å². The molecule has 16 heavy (non-hydrogen) atoms. The van der Waals surface area contributed by atoms with Gasteiger partial charge in [0.25, 0.3) is 5.88 Å². The number of nitrogens with zero attached hydrogens (tertiary/aromatic N) is 4. The van der Waals surface area contributed by atoms with Gasteiger partial charge in [-0.2, -0.15) is 4.98 Å². The molecule has 0 aliphatic carbocycles. The van der Waals surface area contributed by atoms with Crippen molar-refractivity contribution < 1.29 is 4.74 Å². The van der Waals surface area contributed by atoms with Crippen LogP contribution in [-0.4, -0.2) is 25.2 Å². The van der Waals surface area contributed by atoms with Crippen LogP contribution >= 0.6 is 27.5 Å². The first-order valence-corrected chi connectivity index (χ1v) is 5.80. The Morgan fingerprint density at radius 3 is 2.69 bits per heavy atom. The van der Waals surface area contributed by atoms with E-state index in [1.165, 1.54) is 4.52 Å². The van der Waals surface area contributed by atoms with Gasteiger partial charge in [0.1, 0.15) is 10.2 Å². The van der Waals surface area contributed by atoms with Crippen LogP contribution in [0, 0.1) is 0 Å². The minimum Gasteiger partial charge on any atom is -0.469 e. The smallest absolute Gasteiger partial charge is 0.263 e. The Bertz CT molecular complexity index is 534. The molecule has 7 heteroatoms. The van der Waals surface area contributed by atoms with Gasteiger partial charge in [-0.15, -0.1) is 5.10 Å². The topological polar surface area (TPSA) is 52.3 Å². The van der Waals surface area contributed by atoms with Gasteiger partial charge in [0.05, 0.1) is 6.20 Å². The van der Waals surface area contributed by atoms with E-state index in [9.17, 15) is 0 Å². The van der Waals surface area contributed by atoms with Gasteiger partial charge in [-0.25, -0.2) is 9.50 Å². The molecule has 2 aromatic heterocycles. The molecule has 2 aromatic rings. The molecule has 0 fully saturated rings. The molecular formula is C9H10BrClN4O. The average Bonchev–Trinajstić information content (AvgIpc) is 2.42. The minimum atomic E-state index is -0.364. The van der Waals surface area contributed by atoms with Crippen molar-refractivity contribution in [3.05, 3.63) is 16.1 Å². The summed E-state index contributed by atoms with van der Waals surface area (Å²) < 4.78 is 7.85. The lowest BCUT2D eigenvalue weighted by Gasteiger charge is -2.20. The van der Waals surface area contributed by atoms with E-state index < -0.39 is 0 Å². The lowest BCUT2D eigenvalue weighted by molar-refractivity contribution is 0.125. The largest absolute Gasteiger partial charge is 0.469 e. The zero-order valence-electron chi connectivity index (χ0n) is 9.03. The molecule has 0 atom stereocenters. The number of hydrogen-bond acceptors (Lipinski definition) is 4.